The van der Waals surface area contributed by atoms with Crippen LogP contribution in [0, 0.1) is 6.92 Å². The Morgan fingerprint density at radius 1 is 0.963 bits per heavy atom. The van der Waals surface area contributed by atoms with E-state index in [0.717, 1.165) is 39.2 Å². The summed E-state index contributed by atoms with van der Waals surface area (Å²) in [6, 6.07) is 22.8. The van der Waals surface area contributed by atoms with Crippen molar-refractivity contribution in [2.75, 3.05) is 7.11 Å². The van der Waals surface area contributed by atoms with Crippen molar-refractivity contribution in [3.8, 4) is 33.9 Å². The number of rotatable bonds is 2. The zero-order valence-corrected chi connectivity index (χ0v) is 15.3. The highest BCUT2D eigenvalue weighted by atomic mass is 16.5. The van der Waals surface area contributed by atoms with Crippen molar-refractivity contribution < 1.29 is 9.47 Å². The lowest BCUT2D eigenvalue weighted by Gasteiger charge is -2.25. The second-order valence-corrected chi connectivity index (χ2v) is 6.86. The molecule has 0 unspecified atom stereocenters. The van der Waals surface area contributed by atoms with Gasteiger partial charge in [-0.25, -0.2) is 4.98 Å². The molecule has 1 aliphatic rings. The number of ether oxygens (including phenoxy) is 2. The summed E-state index contributed by atoms with van der Waals surface area (Å²) in [5.74, 6) is 1.75. The van der Waals surface area contributed by atoms with Gasteiger partial charge in [-0.05, 0) is 54.4 Å². The third kappa shape index (κ3) is 2.55. The number of fused-ring (bicyclic) bond motifs is 5. The van der Waals surface area contributed by atoms with Crippen LogP contribution >= 0.6 is 0 Å². The van der Waals surface area contributed by atoms with Gasteiger partial charge in [0, 0.05) is 10.9 Å². The Morgan fingerprint density at radius 3 is 2.59 bits per heavy atom. The number of hydrogen-bond donors (Lipinski definition) is 0. The average Bonchev–Trinajstić information content (AvgIpc) is 2.72. The Kier molecular flexibility index (Phi) is 3.61. The monoisotopic (exact) mass is 353 g/mol. The second-order valence-electron chi connectivity index (χ2n) is 6.86. The molecule has 0 radical (unpaired) electrons. The van der Waals surface area contributed by atoms with Crippen LogP contribution in [0.25, 0.3) is 33.3 Å². The molecule has 3 aromatic carbocycles. The van der Waals surface area contributed by atoms with Crippen molar-refractivity contribution in [1.82, 2.24) is 4.98 Å². The summed E-state index contributed by atoms with van der Waals surface area (Å²) in [6.07, 6.45) is 0. The number of para-hydroxylation sites is 1. The van der Waals surface area contributed by atoms with Crippen LogP contribution in [0.3, 0.4) is 0 Å². The third-order valence-electron chi connectivity index (χ3n) is 5.11. The predicted molar refractivity (Wildman–Crippen MR) is 108 cm³/mol. The first-order chi connectivity index (χ1) is 13.2. The van der Waals surface area contributed by atoms with Gasteiger partial charge in [-0.15, -0.1) is 0 Å². The van der Waals surface area contributed by atoms with Crippen LogP contribution in [0.5, 0.6) is 11.5 Å². The van der Waals surface area contributed by atoms with Gasteiger partial charge in [0.25, 0.3) is 0 Å². The maximum atomic E-state index is 6.26. The molecule has 27 heavy (non-hydrogen) atoms. The lowest BCUT2D eigenvalue weighted by molar-refractivity contribution is 0.306. The summed E-state index contributed by atoms with van der Waals surface area (Å²) in [4.78, 5) is 5.01. The molecule has 0 N–H and O–H groups in total. The van der Waals surface area contributed by atoms with Crippen molar-refractivity contribution in [3.05, 3.63) is 77.9 Å². The maximum Gasteiger partial charge on any atom is 0.139 e. The van der Waals surface area contributed by atoms with Gasteiger partial charge in [-0.3, -0.25) is 0 Å². The van der Waals surface area contributed by atoms with E-state index >= 15 is 0 Å². The first kappa shape index (κ1) is 15.9. The molecule has 1 aliphatic heterocycles. The van der Waals surface area contributed by atoms with Gasteiger partial charge in [0.2, 0.25) is 0 Å². The highest BCUT2D eigenvalue weighted by molar-refractivity contribution is 6.00. The van der Waals surface area contributed by atoms with Crippen molar-refractivity contribution >= 4 is 10.9 Å². The molecule has 1 aromatic heterocycles. The third-order valence-corrected chi connectivity index (χ3v) is 5.11. The summed E-state index contributed by atoms with van der Waals surface area (Å²) >= 11 is 0. The van der Waals surface area contributed by atoms with E-state index < -0.39 is 0 Å². The Hall–Kier alpha value is -3.33. The molecule has 0 aliphatic carbocycles. The number of nitrogens with zero attached hydrogens (tertiary/aromatic N) is 1. The van der Waals surface area contributed by atoms with E-state index in [4.69, 9.17) is 14.5 Å². The van der Waals surface area contributed by atoms with Crippen molar-refractivity contribution in [1.29, 1.82) is 0 Å². The number of hydrogen-bond acceptors (Lipinski definition) is 3. The van der Waals surface area contributed by atoms with E-state index in [-0.39, 0.29) is 0 Å². The average molecular weight is 353 g/mol. The Balaban J connectivity index is 1.85. The fraction of sp³-hybridized carbons (Fsp3) is 0.125. The minimum Gasteiger partial charge on any atom is -0.497 e. The minimum atomic E-state index is 0.583. The Labute approximate surface area is 158 Å². The lowest BCUT2D eigenvalue weighted by atomic mass is 9.90. The Morgan fingerprint density at radius 2 is 1.78 bits per heavy atom. The zero-order valence-electron chi connectivity index (χ0n) is 15.3. The summed E-state index contributed by atoms with van der Waals surface area (Å²) in [6.45, 7) is 2.69. The lowest BCUT2D eigenvalue weighted by Crippen LogP contribution is -2.08. The molecule has 4 aromatic rings. The molecule has 0 amide bonds. The number of benzene rings is 3. The van der Waals surface area contributed by atoms with Crippen molar-refractivity contribution in [3.63, 3.8) is 0 Å². The molecule has 0 atom stereocenters. The highest BCUT2D eigenvalue weighted by Gasteiger charge is 2.25. The molecule has 3 nitrogen and oxygen atoms in total. The summed E-state index contributed by atoms with van der Waals surface area (Å²) < 4.78 is 11.6. The number of aromatic nitrogens is 1. The van der Waals surface area contributed by atoms with Crippen molar-refractivity contribution in [2.45, 2.75) is 13.5 Å². The van der Waals surface area contributed by atoms with Gasteiger partial charge >= 0.3 is 0 Å². The van der Waals surface area contributed by atoms with Crippen LogP contribution in [-0.2, 0) is 6.61 Å². The van der Waals surface area contributed by atoms with Crippen molar-refractivity contribution in [2.24, 2.45) is 0 Å². The summed E-state index contributed by atoms with van der Waals surface area (Å²) in [5.41, 5.74) is 7.64. The van der Waals surface area contributed by atoms with Gasteiger partial charge < -0.3 is 9.47 Å². The van der Waals surface area contributed by atoms with Crippen LogP contribution in [-0.4, -0.2) is 12.1 Å². The van der Waals surface area contributed by atoms with E-state index in [1.165, 1.54) is 16.7 Å². The van der Waals surface area contributed by atoms with Gasteiger partial charge in [-0.2, -0.15) is 0 Å². The normalized spacial score (nSPS) is 12.2. The molecule has 0 bridgehead atoms. The van der Waals surface area contributed by atoms with E-state index in [1.807, 2.05) is 30.3 Å². The molecular weight excluding hydrogens is 334 g/mol. The molecular formula is C24H19NO2. The van der Waals surface area contributed by atoms with Crippen LogP contribution in [0.2, 0.25) is 0 Å². The Bertz CT molecular complexity index is 1160. The van der Waals surface area contributed by atoms with Crippen LogP contribution in [0.15, 0.2) is 66.7 Å². The van der Waals surface area contributed by atoms with Gasteiger partial charge in [0.05, 0.1) is 23.9 Å². The van der Waals surface area contributed by atoms with Gasteiger partial charge in [-0.1, -0.05) is 35.9 Å². The number of aryl methyl sites for hydroxylation is 1. The molecule has 2 heterocycles. The summed E-state index contributed by atoms with van der Waals surface area (Å²) in [5, 5.41) is 1.05. The minimum absolute atomic E-state index is 0.583. The molecule has 0 spiro atoms. The SMILES string of the molecule is COc1ccc(-c2nc3ccccc3c3c2-c2ccc(C)cc2CO3)cc1. The van der Waals surface area contributed by atoms with E-state index in [2.05, 4.69) is 43.3 Å². The first-order valence-corrected chi connectivity index (χ1v) is 9.04. The topological polar surface area (TPSA) is 31.4 Å². The number of pyridine rings is 1. The quantitative estimate of drug-likeness (QED) is 0.458. The van der Waals surface area contributed by atoms with Gasteiger partial charge in [0.1, 0.15) is 18.1 Å². The first-order valence-electron chi connectivity index (χ1n) is 9.04. The van der Waals surface area contributed by atoms with Crippen LogP contribution in [0.1, 0.15) is 11.1 Å². The highest BCUT2D eigenvalue weighted by Crippen LogP contribution is 2.46. The summed E-state index contributed by atoms with van der Waals surface area (Å²) in [7, 11) is 1.68. The van der Waals surface area contributed by atoms with E-state index in [9.17, 15) is 0 Å². The van der Waals surface area contributed by atoms with Gasteiger partial charge in [0.15, 0.2) is 0 Å². The second kappa shape index (κ2) is 6.13. The number of methoxy groups -OCH3 is 1. The molecule has 5 rings (SSSR count). The fourth-order valence-corrected chi connectivity index (χ4v) is 3.78. The molecule has 3 heteroatoms. The largest absolute Gasteiger partial charge is 0.497 e. The van der Waals surface area contributed by atoms with Crippen LogP contribution in [0.4, 0.5) is 0 Å². The standard InChI is InChI=1S/C24H19NO2/c1-15-7-12-19-17(13-15)14-27-24-20-5-3-4-6-21(20)25-23(22(19)24)16-8-10-18(26-2)11-9-16/h3-13H,14H2,1-2H3. The predicted octanol–water partition coefficient (Wildman–Crippen LogP) is 5.78. The fourth-order valence-electron chi connectivity index (χ4n) is 3.78. The molecule has 0 saturated carbocycles. The smallest absolute Gasteiger partial charge is 0.139 e. The van der Waals surface area contributed by atoms with Crippen LogP contribution < -0.4 is 9.47 Å². The van der Waals surface area contributed by atoms with E-state index in [1.54, 1.807) is 7.11 Å². The molecule has 0 saturated heterocycles. The molecule has 0 fully saturated rings. The zero-order chi connectivity index (χ0) is 18.4. The maximum absolute atomic E-state index is 6.26. The van der Waals surface area contributed by atoms with E-state index in [0.29, 0.717) is 6.61 Å². The molecule has 132 valence electrons.